The van der Waals surface area contributed by atoms with Crippen molar-refractivity contribution in [2.75, 3.05) is 10.6 Å². The highest BCUT2D eigenvalue weighted by Gasteiger charge is 2.31. The molecular formula is C29H28ClF3N4O3. The summed E-state index contributed by atoms with van der Waals surface area (Å²) in [6.07, 6.45) is -4.74. The molecule has 0 spiro atoms. The first-order valence-electron chi connectivity index (χ1n) is 12.4. The van der Waals surface area contributed by atoms with Gasteiger partial charge in [0.1, 0.15) is 5.75 Å². The maximum absolute atomic E-state index is 13.0. The average Bonchev–Trinajstić information content (AvgIpc) is 3.21. The molecule has 11 heteroatoms. The summed E-state index contributed by atoms with van der Waals surface area (Å²) in [6.45, 7) is 4.31. The zero-order valence-corrected chi connectivity index (χ0v) is 22.8. The number of aromatic nitrogens is 1. The van der Waals surface area contributed by atoms with Gasteiger partial charge in [0.25, 0.3) is 5.91 Å². The Morgan fingerprint density at radius 3 is 2.33 bits per heavy atom. The zero-order chi connectivity index (χ0) is 29.0. The molecule has 40 heavy (non-hydrogen) atoms. The van der Waals surface area contributed by atoms with E-state index in [-0.39, 0.29) is 30.0 Å². The average molecular weight is 573 g/mol. The summed E-state index contributed by atoms with van der Waals surface area (Å²) in [4.78, 5) is 24.9. The van der Waals surface area contributed by atoms with Crippen molar-refractivity contribution >= 4 is 45.7 Å². The van der Waals surface area contributed by atoms with E-state index < -0.39 is 6.36 Å². The Morgan fingerprint density at radius 1 is 0.950 bits per heavy atom. The Kier molecular flexibility index (Phi) is 8.58. The van der Waals surface area contributed by atoms with Crippen molar-refractivity contribution in [3.8, 4) is 5.75 Å². The lowest BCUT2D eigenvalue weighted by Crippen LogP contribution is -2.27. The van der Waals surface area contributed by atoms with Gasteiger partial charge < -0.3 is 25.3 Å². The number of carbonyl (C=O) groups excluding carboxylic acids is 2. The lowest BCUT2D eigenvalue weighted by Gasteiger charge is -2.11. The van der Waals surface area contributed by atoms with Crippen LogP contribution in [0.4, 0.5) is 24.5 Å². The minimum atomic E-state index is -4.74. The molecule has 4 rings (SSSR count). The molecular weight excluding hydrogens is 545 g/mol. The van der Waals surface area contributed by atoms with Gasteiger partial charge in [0.15, 0.2) is 0 Å². The maximum Gasteiger partial charge on any atom is 0.573 e. The molecule has 0 fully saturated rings. The van der Waals surface area contributed by atoms with E-state index >= 15 is 0 Å². The molecule has 0 unspecified atom stereocenters. The van der Waals surface area contributed by atoms with Crippen LogP contribution in [-0.2, 0) is 24.9 Å². The molecule has 0 aliphatic heterocycles. The molecule has 0 aliphatic carbocycles. The van der Waals surface area contributed by atoms with Crippen molar-refractivity contribution in [3.63, 3.8) is 0 Å². The number of hydrogen-bond donors (Lipinski definition) is 3. The Hall–Kier alpha value is -4.18. The molecule has 1 heterocycles. The second-order valence-corrected chi connectivity index (χ2v) is 9.94. The molecule has 4 aromatic rings. The molecule has 0 aliphatic rings. The molecule has 0 saturated heterocycles. The van der Waals surface area contributed by atoms with Gasteiger partial charge in [-0.3, -0.25) is 9.59 Å². The third kappa shape index (κ3) is 7.26. The minimum absolute atomic E-state index is 0.0832. The first kappa shape index (κ1) is 28.8. The van der Waals surface area contributed by atoms with E-state index in [0.29, 0.717) is 28.5 Å². The zero-order valence-electron chi connectivity index (χ0n) is 22.0. The fraction of sp³-hybridized carbons (Fsp3) is 0.241. The number of nitrogens with zero attached hydrogens (tertiary/aromatic N) is 1. The second-order valence-electron chi connectivity index (χ2n) is 9.53. The Morgan fingerprint density at radius 2 is 1.65 bits per heavy atom. The van der Waals surface area contributed by atoms with Crippen LogP contribution in [0.2, 0.25) is 5.02 Å². The first-order chi connectivity index (χ1) is 18.9. The van der Waals surface area contributed by atoms with Crippen LogP contribution in [0.25, 0.3) is 10.9 Å². The van der Waals surface area contributed by atoms with E-state index in [0.717, 1.165) is 22.2 Å². The number of hydrogen-bond acceptors (Lipinski definition) is 4. The van der Waals surface area contributed by atoms with Crippen molar-refractivity contribution in [1.82, 2.24) is 9.88 Å². The lowest BCUT2D eigenvalue weighted by atomic mass is 10.1. The van der Waals surface area contributed by atoms with Crippen LogP contribution < -0.4 is 20.7 Å². The van der Waals surface area contributed by atoms with Crippen LogP contribution in [0, 0.1) is 5.92 Å². The SMILES string of the molecule is CC(C)C(=O)NCc1ccc(Cl)c(C(=O)Nc2ccc3c(c2)cc(CNc2ccc(OC(F)(F)F)cc2)n3C)c1. The largest absolute Gasteiger partial charge is 0.573 e. The van der Waals surface area contributed by atoms with Gasteiger partial charge in [0.05, 0.1) is 17.1 Å². The van der Waals surface area contributed by atoms with Crippen LogP contribution >= 0.6 is 11.6 Å². The van der Waals surface area contributed by atoms with Crippen LogP contribution in [0.3, 0.4) is 0 Å². The van der Waals surface area contributed by atoms with Gasteiger partial charge in [-0.15, -0.1) is 13.2 Å². The van der Waals surface area contributed by atoms with Gasteiger partial charge in [-0.05, 0) is 66.2 Å². The fourth-order valence-electron chi connectivity index (χ4n) is 4.07. The maximum atomic E-state index is 13.0. The number of aryl methyl sites for hydroxylation is 1. The van der Waals surface area contributed by atoms with Gasteiger partial charge >= 0.3 is 6.36 Å². The van der Waals surface area contributed by atoms with E-state index in [1.165, 1.54) is 24.3 Å². The predicted octanol–water partition coefficient (Wildman–Crippen LogP) is 6.87. The first-order valence-corrected chi connectivity index (χ1v) is 12.8. The molecule has 2 amide bonds. The molecule has 0 radical (unpaired) electrons. The van der Waals surface area contributed by atoms with E-state index in [1.807, 2.05) is 29.8 Å². The Labute approximate surface area is 234 Å². The third-order valence-corrected chi connectivity index (χ3v) is 6.56. The highest BCUT2D eigenvalue weighted by atomic mass is 35.5. The van der Waals surface area contributed by atoms with E-state index in [1.54, 1.807) is 38.1 Å². The highest BCUT2D eigenvalue weighted by molar-refractivity contribution is 6.34. The van der Waals surface area contributed by atoms with Gasteiger partial charge in [-0.2, -0.15) is 0 Å². The molecule has 0 bridgehead atoms. The summed E-state index contributed by atoms with van der Waals surface area (Å²) in [5.74, 6) is -0.895. The second kappa shape index (κ2) is 11.9. The summed E-state index contributed by atoms with van der Waals surface area (Å²) in [5.41, 5.74) is 4.12. The van der Waals surface area contributed by atoms with Crippen molar-refractivity contribution < 1.29 is 27.5 Å². The van der Waals surface area contributed by atoms with Crippen LogP contribution in [-0.4, -0.2) is 22.7 Å². The van der Waals surface area contributed by atoms with Crippen molar-refractivity contribution in [3.05, 3.63) is 88.6 Å². The third-order valence-electron chi connectivity index (χ3n) is 6.23. The number of carbonyl (C=O) groups is 2. The smallest absolute Gasteiger partial charge is 0.406 e. The number of fused-ring (bicyclic) bond motifs is 1. The van der Waals surface area contributed by atoms with Gasteiger partial charge in [-0.25, -0.2) is 0 Å². The normalized spacial score (nSPS) is 11.5. The summed E-state index contributed by atoms with van der Waals surface area (Å²) in [5, 5.41) is 10.1. The van der Waals surface area contributed by atoms with E-state index in [2.05, 4.69) is 20.7 Å². The number of ether oxygens (including phenoxy) is 1. The number of nitrogens with one attached hydrogen (secondary N) is 3. The molecule has 210 valence electrons. The molecule has 7 nitrogen and oxygen atoms in total. The standard InChI is InChI=1S/C29H28ClF3N4O3/c1-17(2)27(38)35-15-18-4-10-25(30)24(12-18)28(39)36-21-7-11-26-19(13-21)14-22(37(26)3)16-34-20-5-8-23(9-6-20)40-29(31,32)33/h4-14,17,34H,15-16H2,1-3H3,(H,35,38)(H,36,39). The predicted molar refractivity (Wildman–Crippen MR) is 149 cm³/mol. The molecule has 3 aromatic carbocycles. The van der Waals surface area contributed by atoms with Crippen LogP contribution in [0.5, 0.6) is 5.75 Å². The van der Waals surface area contributed by atoms with Crippen molar-refractivity contribution in [2.45, 2.75) is 33.3 Å². The summed E-state index contributed by atoms with van der Waals surface area (Å²) in [7, 11) is 1.90. The minimum Gasteiger partial charge on any atom is -0.406 e. The lowest BCUT2D eigenvalue weighted by molar-refractivity contribution is -0.274. The Bertz CT molecular complexity index is 1530. The van der Waals surface area contributed by atoms with E-state index in [9.17, 15) is 22.8 Å². The van der Waals surface area contributed by atoms with Crippen LogP contribution in [0.15, 0.2) is 66.7 Å². The highest BCUT2D eigenvalue weighted by Crippen LogP contribution is 2.27. The summed E-state index contributed by atoms with van der Waals surface area (Å²) >= 11 is 6.30. The molecule has 0 atom stereocenters. The Balaban J connectivity index is 1.43. The fourth-order valence-corrected chi connectivity index (χ4v) is 4.27. The summed E-state index contributed by atoms with van der Waals surface area (Å²) in [6, 6.07) is 18.0. The van der Waals surface area contributed by atoms with Crippen molar-refractivity contribution in [2.24, 2.45) is 13.0 Å². The van der Waals surface area contributed by atoms with Gasteiger partial charge in [0.2, 0.25) is 5.91 Å². The van der Waals surface area contributed by atoms with Gasteiger partial charge in [0, 0.05) is 47.5 Å². The monoisotopic (exact) mass is 572 g/mol. The number of rotatable bonds is 9. The van der Waals surface area contributed by atoms with E-state index in [4.69, 9.17) is 11.6 Å². The quantitative estimate of drug-likeness (QED) is 0.204. The van der Waals surface area contributed by atoms with Crippen molar-refractivity contribution in [1.29, 1.82) is 0 Å². The molecule has 0 saturated carbocycles. The molecule has 3 N–H and O–H groups in total. The number of anilines is 2. The number of amides is 2. The molecule has 1 aromatic heterocycles. The van der Waals surface area contributed by atoms with Crippen LogP contribution in [0.1, 0.15) is 35.5 Å². The number of alkyl halides is 3. The summed E-state index contributed by atoms with van der Waals surface area (Å²) < 4.78 is 43.0. The topological polar surface area (TPSA) is 84.4 Å². The number of benzene rings is 3. The van der Waals surface area contributed by atoms with Gasteiger partial charge in [-0.1, -0.05) is 31.5 Å². The number of halogens is 4.